The molecule has 3 nitrogen and oxygen atoms in total. The molecule has 1 atom stereocenters. The summed E-state index contributed by atoms with van der Waals surface area (Å²) >= 11 is 0. The monoisotopic (exact) mass is 264 g/mol. The summed E-state index contributed by atoms with van der Waals surface area (Å²) in [5.41, 5.74) is 0.173. The average molecular weight is 264 g/mol. The van der Waals surface area contributed by atoms with E-state index in [1.807, 2.05) is 6.92 Å². The fraction of sp³-hybridized carbons (Fsp3) is 0.938. The smallest absolute Gasteiger partial charge is 0.224 e. The molecule has 2 N–H and O–H groups in total. The summed E-state index contributed by atoms with van der Waals surface area (Å²) in [6, 6.07) is 0. The molecule has 4 rings (SSSR count). The molecule has 1 amide bonds. The third-order valence-corrected chi connectivity index (χ3v) is 5.57. The highest BCUT2D eigenvalue weighted by molar-refractivity contribution is 5.79. The molecule has 0 heterocycles. The van der Waals surface area contributed by atoms with Crippen LogP contribution in [-0.2, 0) is 4.79 Å². The molecule has 4 aliphatic rings. The van der Waals surface area contributed by atoms with Crippen molar-refractivity contribution in [3.8, 4) is 0 Å². The number of amides is 1. The summed E-state index contributed by atoms with van der Waals surface area (Å²) < 4.78 is 0. The fourth-order valence-corrected chi connectivity index (χ4v) is 5.10. The highest BCUT2D eigenvalue weighted by Gasteiger charge is 2.51. The zero-order valence-corrected chi connectivity index (χ0v) is 12.4. The van der Waals surface area contributed by atoms with Gasteiger partial charge < -0.3 is 10.6 Å². The van der Waals surface area contributed by atoms with Gasteiger partial charge >= 0.3 is 0 Å². The molecule has 108 valence electrons. The third-order valence-electron chi connectivity index (χ3n) is 5.57. The van der Waals surface area contributed by atoms with Crippen LogP contribution in [0, 0.1) is 23.7 Å². The summed E-state index contributed by atoms with van der Waals surface area (Å²) in [6.45, 7) is 5.87. The van der Waals surface area contributed by atoms with Gasteiger partial charge in [0.1, 0.15) is 0 Å². The van der Waals surface area contributed by atoms with E-state index < -0.39 is 0 Å². The zero-order valence-electron chi connectivity index (χ0n) is 12.4. The van der Waals surface area contributed by atoms with E-state index >= 15 is 0 Å². The van der Waals surface area contributed by atoms with Crippen molar-refractivity contribution in [2.45, 2.75) is 57.9 Å². The molecule has 4 saturated carbocycles. The second-order valence-corrected chi connectivity index (χ2v) is 7.40. The number of carbonyl (C=O) groups is 1. The van der Waals surface area contributed by atoms with E-state index in [4.69, 9.17) is 0 Å². The largest absolute Gasteiger partial charge is 0.350 e. The molecule has 0 saturated heterocycles. The molecule has 4 aliphatic carbocycles. The first kappa shape index (κ1) is 13.4. The molecule has 0 aromatic rings. The quantitative estimate of drug-likeness (QED) is 0.800. The molecular weight excluding hydrogens is 236 g/mol. The van der Waals surface area contributed by atoms with Gasteiger partial charge in [-0.15, -0.1) is 0 Å². The van der Waals surface area contributed by atoms with Crippen LogP contribution in [0.3, 0.4) is 0 Å². The van der Waals surface area contributed by atoms with E-state index in [1.165, 1.54) is 38.5 Å². The first-order valence-corrected chi connectivity index (χ1v) is 8.13. The fourth-order valence-electron chi connectivity index (χ4n) is 5.10. The summed E-state index contributed by atoms with van der Waals surface area (Å²) in [5, 5.41) is 6.73. The van der Waals surface area contributed by atoms with E-state index in [-0.39, 0.29) is 17.4 Å². The topological polar surface area (TPSA) is 41.1 Å². The number of carbonyl (C=O) groups excluding carboxylic acids is 1. The highest BCUT2D eigenvalue weighted by atomic mass is 16.2. The molecular formula is C16H28N2O. The minimum atomic E-state index is 0.0907. The second-order valence-electron chi connectivity index (χ2n) is 7.40. The SMILES string of the molecule is CCNCC(C)C(=O)NC12CC3CC(CC(C3)C1)C2. The number of hydrogen-bond acceptors (Lipinski definition) is 2. The molecule has 4 bridgehead atoms. The Kier molecular flexibility index (Phi) is 3.59. The number of nitrogens with one attached hydrogen (secondary N) is 2. The molecule has 4 fully saturated rings. The zero-order chi connectivity index (χ0) is 13.5. The van der Waals surface area contributed by atoms with Crippen molar-refractivity contribution in [2.75, 3.05) is 13.1 Å². The van der Waals surface area contributed by atoms with Crippen LogP contribution in [0.5, 0.6) is 0 Å². The van der Waals surface area contributed by atoms with Gasteiger partial charge in [-0.25, -0.2) is 0 Å². The Morgan fingerprint density at radius 2 is 1.68 bits per heavy atom. The molecule has 0 aromatic carbocycles. The van der Waals surface area contributed by atoms with Gasteiger partial charge in [0.2, 0.25) is 5.91 Å². The average Bonchev–Trinajstić information content (AvgIpc) is 2.33. The molecule has 0 radical (unpaired) electrons. The van der Waals surface area contributed by atoms with Crippen LogP contribution in [0.4, 0.5) is 0 Å². The Bertz CT molecular complexity index is 317. The van der Waals surface area contributed by atoms with E-state index in [9.17, 15) is 4.79 Å². The van der Waals surface area contributed by atoms with E-state index in [1.54, 1.807) is 0 Å². The maximum atomic E-state index is 12.4. The standard InChI is InChI=1S/C16H28N2O/c1-3-17-10-11(2)15(19)18-16-7-12-4-13(8-16)6-14(5-12)9-16/h11-14,17H,3-10H2,1-2H3,(H,18,19). The molecule has 0 aromatic heterocycles. The minimum Gasteiger partial charge on any atom is -0.350 e. The Labute approximate surface area is 116 Å². The van der Waals surface area contributed by atoms with E-state index in [2.05, 4.69) is 17.6 Å². The summed E-state index contributed by atoms with van der Waals surface area (Å²) in [6.07, 6.45) is 8.04. The molecule has 1 unspecified atom stereocenters. The third kappa shape index (κ3) is 2.67. The van der Waals surface area contributed by atoms with Crippen LogP contribution in [0.25, 0.3) is 0 Å². The molecule has 3 heteroatoms. The van der Waals surface area contributed by atoms with Crippen molar-refractivity contribution in [1.29, 1.82) is 0 Å². The van der Waals surface area contributed by atoms with Crippen LogP contribution in [0.2, 0.25) is 0 Å². The lowest BCUT2D eigenvalue weighted by Crippen LogP contribution is -2.60. The molecule has 0 spiro atoms. The Hall–Kier alpha value is -0.570. The maximum absolute atomic E-state index is 12.4. The van der Waals surface area contributed by atoms with Crippen LogP contribution in [-0.4, -0.2) is 24.5 Å². The summed E-state index contributed by atoms with van der Waals surface area (Å²) in [4.78, 5) is 12.4. The lowest BCUT2D eigenvalue weighted by atomic mass is 9.53. The van der Waals surface area contributed by atoms with Gasteiger partial charge in [0, 0.05) is 18.0 Å². The van der Waals surface area contributed by atoms with Crippen LogP contribution in [0.1, 0.15) is 52.4 Å². The first-order valence-electron chi connectivity index (χ1n) is 8.13. The van der Waals surface area contributed by atoms with Crippen molar-refractivity contribution in [1.82, 2.24) is 10.6 Å². The molecule has 0 aliphatic heterocycles. The van der Waals surface area contributed by atoms with Crippen molar-refractivity contribution < 1.29 is 4.79 Å². The maximum Gasteiger partial charge on any atom is 0.224 e. The van der Waals surface area contributed by atoms with Crippen LogP contribution in [0.15, 0.2) is 0 Å². The Morgan fingerprint density at radius 3 is 2.16 bits per heavy atom. The van der Waals surface area contributed by atoms with Gasteiger partial charge in [-0.2, -0.15) is 0 Å². The van der Waals surface area contributed by atoms with Crippen LogP contribution < -0.4 is 10.6 Å². The van der Waals surface area contributed by atoms with Gasteiger partial charge in [0.25, 0.3) is 0 Å². The van der Waals surface area contributed by atoms with Gasteiger partial charge in [-0.1, -0.05) is 13.8 Å². The first-order chi connectivity index (χ1) is 9.10. The normalized spacial score (nSPS) is 41.3. The Balaban J connectivity index is 1.61. The van der Waals surface area contributed by atoms with Gasteiger partial charge in [0.05, 0.1) is 0 Å². The van der Waals surface area contributed by atoms with E-state index in [0.717, 1.165) is 30.8 Å². The van der Waals surface area contributed by atoms with Crippen molar-refractivity contribution >= 4 is 5.91 Å². The van der Waals surface area contributed by atoms with Gasteiger partial charge in [-0.3, -0.25) is 4.79 Å². The molecule has 19 heavy (non-hydrogen) atoms. The van der Waals surface area contributed by atoms with E-state index in [0.29, 0.717) is 0 Å². The van der Waals surface area contributed by atoms with Crippen molar-refractivity contribution in [2.24, 2.45) is 23.7 Å². The number of hydrogen-bond donors (Lipinski definition) is 2. The minimum absolute atomic E-state index is 0.0907. The second kappa shape index (κ2) is 5.08. The van der Waals surface area contributed by atoms with Crippen molar-refractivity contribution in [3.63, 3.8) is 0 Å². The predicted molar refractivity (Wildman–Crippen MR) is 76.8 cm³/mol. The van der Waals surface area contributed by atoms with Crippen LogP contribution >= 0.6 is 0 Å². The van der Waals surface area contributed by atoms with Gasteiger partial charge in [0.15, 0.2) is 0 Å². The lowest BCUT2D eigenvalue weighted by molar-refractivity contribution is -0.130. The lowest BCUT2D eigenvalue weighted by Gasteiger charge is -2.57. The van der Waals surface area contributed by atoms with Crippen molar-refractivity contribution in [3.05, 3.63) is 0 Å². The predicted octanol–water partition coefficient (Wildman–Crippen LogP) is 2.32. The van der Waals surface area contributed by atoms with Gasteiger partial charge in [-0.05, 0) is 62.8 Å². The Morgan fingerprint density at radius 1 is 1.16 bits per heavy atom. The summed E-state index contributed by atoms with van der Waals surface area (Å²) in [5.74, 6) is 3.05. The number of rotatable bonds is 5. The highest BCUT2D eigenvalue weighted by Crippen LogP contribution is 2.55. The summed E-state index contributed by atoms with van der Waals surface area (Å²) in [7, 11) is 0.